The van der Waals surface area contributed by atoms with E-state index in [4.69, 9.17) is 30.1 Å². The largest absolute Gasteiger partial charge is 0.393 e. The van der Waals surface area contributed by atoms with Crippen LogP contribution in [-0.4, -0.2) is 82.0 Å². The van der Waals surface area contributed by atoms with Crippen molar-refractivity contribution in [3.63, 3.8) is 0 Å². The molecule has 5 atom stereocenters. The number of aromatic nitrogens is 4. The Morgan fingerprint density at radius 3 is 2.69 bits per heavy atom. The molecule has 7 N–H and O–H groups in total. The Kier molecular flexibility index (Phi) is 5.23. The fraction of sp³-hybridized carbons (Fsp3) is 0.583. The lowest BCUT2D eigenvalue weighted by atomic mass is 10.1. The molecule has 2 aromatic heterocycles. The highest BCUT2D eigenvalue weighted by molar-refractivity contribution is 7.52. The second kappa shape index (κ2) is 7.13. The van der Waals surface area contributed by atoms with E-state index in [-0.39, 0.29) is 11.5 Å². The van der Waals surface area contributed by atoms with Gasteiger partial charge < -0.3 is 40.3 Å². The van der Waals surface area contributed by atoms with Crippen molar-refractivity contribution in [2.45, 2.75) is 30.4 Å². The minimum absolute atomic E-state index is 0.133. The van der Waals surface area contributed by atoms with Crippen molar-refractivity contribution in [3.05, 3.63) is 12.7 Å². The van der Waals surface area contributed by atoms with Gasteiger partial charge in [0.25, 0.3) is 0 Å². The number of ether oxygens (including phenoxy) is 2. The topological polar surface area (TPSA) is 206 Å². The minimum atomic E-state index is -4.69. The van der Waals surface area contributed by atoms with Crippen molar-refractivity contribution in [1.82, 2.24) is 19.5 Å². The monoisotopic (exact) mass is 391 g/mol. The molecule has 0 unspecified atom stereocenters. The van der Waals surface area contributed by atoms with Crippen LogP contribution in [0, 0.1) is 0 Å². The maximum absolute atomic E-state index is 11.2. The van der Waals surface area contributed by atoms with Crippen molar-refractivity contribution in [1.29, 1.82) is 0 Å². The molecule has 14 heteroatoms. The van der Waals surface area contributed by atoms with Gasteiger partial charge in [0.1, 0.15) is 30.2 Å². The molecule has 3 heterocycles. The predicted octanol–water partition coefficient (Wildman–Crippen LogP) is -2.46. The van der Waals surface area contributed by atoms with Gasteiger partial charge in [-0.2, -0.15) is 0 Å². The highest BCUT2D eigenvalue weighted by atomic mass is 31.2. The number of anilines is 1. The van der Waals surface area contributed by atoms with Crippen molar-refractivity contribution < 1.29 is 39.1 Å². The van der Waals surface area contributed by atoms with Gasteiger partial charge in [-0.15, -0.1) is 0 Å². The van der Waals surface area contributed by atoms with Crippen molar-refractivity contribution in [2.75, 3.05) is 18.9 Å². The lowest BCUT2D eigenvalue weighted by Gasteiger charge is -2.20. The third-order valence-corrected chi connectivity index (χ3v) is 5.05. The van der Waals surface area contributed by atoms with Gasteiger partial charge in [0, 0.05) is 0 Å². The molecular weight excluding hydrogens is 373 g/mol. The van der Waals surface area contributed by atoms with E-state index in [1.165, 1.54) is 17.2 Å². The molecule has 0 aromatic carbocycles. The second-order valence-corrected chi connectivity index (χ2v) is 7.44. The SMILES string of the molecule is Nc1ncnc2c1ncn2[C@@H]1O[C@H](CO[C@@H](CO)P(=O)(O)O)[C@@H](O)[C@H]1O. The fourth-order valence-electron chi connectivity index (χ4n) is 2.62. The highest BCUT2D eigenvalue weighted by Crippen LogP contribution is 2.42. The van der Waals surface area contributed by atoms with Gasteiger partial charge >= 0.3 is 7.60 Å². The summed E-state index contributed by atoms with van der Waals surface area (Å²) in [6.07, 6.45) is -2.47. The average molecular weight is 391 g/mol. The number of aliphatic hydroxyl groups is 3. The number of imidazole rings is 1. The van der Waals surface area contributed by atoms with Crippen molar-refractivity contribution >= 4 is 24.6 Å². The first kappa shape index (κ1) is 19.1. The zero-order valence-electron chi connectivity index (χ0n) is 13.2. The van der Waals surface area contributed by atoms with Gasteiger partial charge in [-0.3, -0.25) is 9.13 Å². The van der Waals surface area contributed by atoms with Crippen LogP contribution in [-0.2, 0) is 14.0 Å². The van der Waals surface area contributed by atoms with Crippen LogP contribution in [0.15, 0.2) is 12.7 Å². The van der Waals surface area contributed by atoms with E-state index < -0.39 is 51.2 Å². The van der Waals surface area contributed by atoms with E-state index in [2.05, 4.69) is 15.0 Å². The van der Waals surface area contributed by atoms with Gasteiger partial charge in [0.15, 0.2) is 23.5 Å². The van der Waals surface area contributed by atoms with Crippen LogP contribution in [0.2, 0.25) is 0 Å². The third-order valence-electron chi connectivity index (χ3n) is 3.98. The summed E-state index contributed by atoms with van der Waals surface area (Å²) in [5.41, 5.74) is 6.27. The zero-order chi connectivity index (χ0) is 19.1. The molecule has 0 radical (unpaired) electrons. The summed E-state index contributed by atoms with van der Waals surface area (Å²) in [5, 5.41) is 29.4. The first-order chi connectivity index (χ1) is 12.2. The summed E-state index contributed by atoms with van der Waals surface area (Å²) in [6.45, 7) is -1.38. The molecule has 13 nitrogen and oxygen atoms in total. The predicted molar refractivity (Wildman–Crippen MR) is 84.5 cm³/mol. The van der Waals surface area contributed by atoms with Crippen LogP contribution in [0.5, 0.6) is 0 Å². The molecule has 2 aromatic rings. The molecule has 1 saturated heterocycles. The maximum atomic E-state index is 11.2. The number of hydrogen-bond acceptors (Lipinski definition) is 10. The van der Waals surface area contributed by atoms with E-state index in [9.17, 15) is 14.8 Å². The summed E-state index contributed by atoms with van der Waals surface area (Å²) in [6, 6.07) is 0. The number of nitrogens with zero attached hydrogens (tertiary/aromatic N) is 4. The second-order valence-electron chi connectivity index (χ2n) is 5.69. The molecule has 0 bridgehead atoms. The van der Waals surface area contributed by atoms with Crippen LogP contribution in [0.4, 0.5) is 5.82 Å². The molecule has 1 aliphatic heterocycles. The Balaban J connectivity index is 1.77. The lowest BCUT2D eigenvalue weighted by molar-refractivity contribution is -0.0775. The normalized spacial score (nSPS) is 27.9. The van der Waals surface area contributed by atoms with Crippen LogP contribution in [0.3, 0.4) is 0 Å². The third kappa shape index (κ3) is 3.43. The van der Waals surface area contributed by atoms with E-state index in [0.717, 1.165) is 0 Å². The van der Waals surface area contributed by atoms with E-state index in [0.29, 0.717) is 5.52 Å². The van der Waals surface area contributed by atoms with Gasteiger partial charge in [-0.25, -0.2) is 15.0 Å². The van der Waals surface area contributed by atoms with Crippen LogP contribution < -0.4 is 5.73 Å². The molecule has 26 heavy (non-hydrogen) atoms. The summed E-state index contributed by atoms with van der Waals surface area (Å²) >= 11 is 0. The zero-order valence-corrected chi connectivity index (χ0v) is 14.1. The molecule has 0 amide bonds. The number of fused-ring (bicyclic) bond motifs is 1. The number of rotatable bonds is 6. The van der Waals surface area contributed by atoms with Gasteiger partial charge in [0.2, 0.25) is 0 Å². The lowest BCUT2D eigenvalue weighted by Crippen LogP contribution is -2.35. The molecule has 0 spiro atoms. The quantitative estimate of drug-likeness (QED) is 0.284. The van der Waals surface area contributed by atoms with Crippen molar-refractivity contribution in [3.8, 4) is 0 Å². The molecule has 1 fully saturated rings. The first-order valence-corrected chi connectivity index (χ1v) is 9.14. The maximum Gasteiger partial charge on any atom is 0.356 e. The van der Waals surface area contributed by atoms with Crippen LogP contribution in [0.1, 0.15) is 6.23 Å². The molecular formula is C12H18N5O8P. The number of nitrogen functional groups attached to an aromatic ring is 1. The molecule has 0 saturated carbocycles. The average Bonchev–Trinajstić information content (AvgIpc) is 3.11. The summed E-state index contributed by atoms with van der Waals surface area (Å²) < 4.78 is 23.0. The number of nitrogens with two attached hydrogens (primary N) is 1. The Morgan fingerprint density at radius 1 is 1.31 bits per heavy atom. The van der Waals surface area contributed by atoms with E-state index in [1.807, 2.05) is 0 Å². The molecule has 1 aliphatic rings. The standard InChI is InChI=1S/C12H18N5O8P/c13-10-7-11(15-3-14-10)17(4-16-7)12-9(20)8(19)5(25-12)2-24-6(1-18)26(21,22)23/h3-6,8-9,12,18-20H,1-2H2,(H2,13,14,15)(H2,21,22,23)/t5-,6-,8-,9-,12-/m1/s1. The Morgan fingerprint density at radius 2 is 2.04 bits per heavy atom. The summed E-state index contributed by atoms with van der Waals surface area (Å²) in [5.74, 6) is -1.62. The Bertz CT molecular complexity index is 827. The summed E-state index contributed by atoms with van der Waals surface area (Å²) in [4.78, 5) is 30.0. The minimum Gasteiger partial charge on any atom is -0.393 e. The van der Waals surface area contributed by atoms with Gasteiger partial charge in [-0.05, 0) is 0 Å². The van der Waals surface area contributed by atoms with E-state index in [1.54, 1.807) is 0 Å². The molecule has 144 valence electrons. The molecule has 0 aliphatic carbocycles. The van der Waals surface area contributed by atoms with Gasteiger partial charge in [-0.1, -0.05) is 0 Å². The van der Waals surface area contributed by atoms with Crippen molar-refractivity contribution in [2.24, 2.45) is 0 Å². The number of hydrogen-bond donors (Lipinski definition) is 6. The van der Waals surface area contributed by atoms with E-state index >= 15 is 0 Å². The summed E-state index contributed by atoms with van der Waals surface area (Å²) in [7, 11) is -4.69. The number of aliphatic hydroxyl groups excluding tert-OH is 3. The first-order valence-electron chi connectivity index (χ1n) is 7.46. The fourth-order valence-corrected chi connectivity index (χ4v) is 3.11. The van der Waals surface area contributed by atoms with Crippen LogP contribution in [0.25, 0.3) is 11.2 Å². The van der Waals surface area contributed by atoms with Crippen LogP contribution >= 0.6 is 7.60 Å². The highest BCUT2D eigenvalue weighted by Gasteiger charge is 2.45. The Hall–Kier alpha value is -1.70. The smallest absolute Gasteiger partial charge is 0.356 e. The Labute approximate surface area is 146 Å². The van der Waals surface area contributed by atoms with Gasteiger partial charge in [0.05, 0.1) is 19.5 Å². The molecule has 3 rings (SSSR count).